The Hall–Kier alpha value is -2.60. The lowest BCUT2D eigenvalue weighted by Crippen LogP contribution is -2.36. The number of ether oxygens (including phenoxy) is 1. The molecule has 0 radical (unpaired) electrons. The first-order valence-electron chi connectivity index (χ1n) is 10.3. The number of para-hydroxylation sites is 2. The number of nitrogens with zero attached hydrogens (tertiary/aromatic N) is 3. The van der Waals surface area contributed by atoms with Crippen LogP contribution in [0.2, 0.25) is 0 Å². The fourth-order valence-electron chi connectivity index (χ4n) is 3.89. The Morgan fingerprint density at radius 3 is 2.46 bits per heavy atom. The van der Waals surface area contributed by atoms with Crippen LogP contribution >= 0.6 is 0 Å². The zero-order valence-electron chi connectivity index (χ0n) is 16.3. The molecule has 1 N–H and O–H groups in total. The number of benzene rings is 1. The van der Waals surface area contributed by atoms with E-state index in [1.807, 2.05) is 24.3 Å². The molecular weight excluding hydrogens is 352 g/mol. The van der Waals surface area contributed by atoms with Gasteiger partial charge < -0.3 is 19.9 Å². The van der Waals surface area contributed by atoms with Crippen molar-refractivity contribution in [2.45, 2.75) is 25.7 Å². The predicted octanol–water partition coefficient (Wildman–Crippen LogP) is 3.55. The standard InChI is InChI=1S/C22H28N4O2/c27-22(18-9-10-23-21(17-18)26-11-5-1-2-6-12-26)24-19-7-3-4-8-20(19)25-13-15-28-16-14-25/h3-4,7-10,17H,1-2,5-6,11-16H2,(H,24,27). The lowest BCUT2D eigenvalue weighted by atomic mass is 10.2. The number of pyridine rings is 1. The van der Waals surface area contributed by atoms with Gasteiger partial charge in [0.2, 0.25) is 0 Å². The SMILES string of the molecule is O=C(Nc1ccccc1N1CCOCC1)c1ccnc(N2CCCCCC2)c1. The van der Waals surface area contributed by atoms with E-state index in [1.54, 1.807) is 12.3 Å². The summed E-state index contributed by atoms with van der Waals surface area (Å²) in [5.41, 5.74) is 2.52. The fourth-order valence-corrected chi connectivity index (χ4v) is 3.89. The van der Waals surface area contributed by atoms with E-state index >= 15 is 0 Å². The number of carbonyl (C=O) groups is 1. The number of morpholine rings is 1. The lowest BCUT2D eigenvalue weighted by molar-refractivity contribution is 0.102. The summed E-state index contributed by atoms with van der Waals surface area (Å²) in [6.45, 7) is 5.12. The number of nitrogens with one attached hydrogen (secondary N) is 1. The van der Waals surface area contributed by atoms with E-state index in [-0.39, 0.29) is 5.91 Å². The summed E-state index contributed by atoms with van der Waals surface area (Å²) in [4.78, 5) is 22.0. The highest BCUT2D eigenvalue weighted by Crippen LogP contribution is 2.27. The molecule has 2 aliphatic rings. The summed E-state index contributed by atoms with van der Waals surface area (Å²) in [7, 11) is 0. The number of amides is 1. The third-order valence-corrected chi connectivity index (χ3v) is 5.44. The third-order valence-electron chi connectivity index (χ3n) is 5.44. The highest BCUT2D eigenvalue weighted by atomic mass is 16.5. The van der Waals surface area contributed by atoms with E-state index in [0.29, 0.717) is 18.8 Å². The summed E-state index contributed by atoms with van der Waals surface area (Å²) in [5, 5.41) is 3.10. The zero-order valence-corrected chi connectivity index (χ0v) is 16.3. The summed E-state index contributed by atoms with van der Waals surface area (Å²) in [5.74, 6) is 0.801. The van der Waals surface area contributed by atoms with Crippen LogP contribution < -0.4 is 15.1 Å². The van der Waals surface area contributed by atoms with Crippen molar-refractivity contribution in [3.63, 3.8) is 0 Å². The molecular formula is C22H28N4O2. The average molecular weight is 380 g/mol. The minimum Gasteiger partial charge on any atom is -0.378 e. The molecule has 0 unspecified atom stereocenters. The number of hydrogen-bond acceptors (Lipinski definition) is 5. The molecule has 0 aliphatic carbocycles. The second-order valence-electron chi connectivity index (χ2n) is 7.37. The maximum Gasteiger partial charge on any atom is 0.255 e. The van der Waals surface area contributed by atoms with Crippen molar-refractivity contribution in [1.82, 2.24) is 4.98 Å². The largest absolute Gasteiger partial charge is 0.378 e. The van der Waals surface area contributed by atoms with Gasteiger partial charge in [-0.15, -0.1) is 0 Å². The Morgan fingerprint density at radius 1 is 0.929 bits per heavy atom. The maximum atomic E-state index is 13.0. The van der Waals surface area contributed by atoms with Crippen LogP contribution in [0.25, 0.3) is 0 Å². The van der Waals surface area contributed by atoms with Gasteiger partial charge in [-0.3, -0.25) is 4.79 Å². The summed E-state index contributed by atoms with van der Waals surface area (Å²) >= 11 is 0. The van der Waals surface area contributed by atoms with Gasteiger partial charge in [0.25, 0.3) is 5.91 Å². The normalized spacial score (nSPS) is 17.9. The van der Waals surface area contributed by atoms with Crippen molar-refractivity contribution in [3.05, 3.63) is 48.2 Å². The van der Waals surface area contributed by atoms with Crippen molar-refractivity contribution in [3.8, 4) is 0 Å². The van der Waals surface area contributed by atoms with E-state index < -0.39 is 0 Å². The number of rotatable bonds is 4. The van der Waals surface area contributed by atoms with Gasteiger partial charge in [0.1, 0.15) is 5.82 Å². The quantitative estimate of drug-likeness (QED) is 0.879. The monoisotopic (exact) mass is 380 g/mol. The van der Waals surface area contributed by atoms with Gasteiger partial charge in [-0.05, 0) is 37.1 Å². The molecule has 2 aromatic rings. The fraction of sp³-hybridized carbons (Fsp3) is 0.455. The van der Waals surface area contributed by atoms with E-state index in [9.17, 15) is 4.79 Å². The van der Waals surface area contributed by atoms with Gasteiger partial charge in [0, 0.05) is 37.9 Å². The minimum absolute atomic E-state index is 0.0980. The second kappa shape index (κ2) is 9.06. The molecule has 1 aromatic carbocycles. The molecule has 0 saturated carbocycles. The first-order valence-corrected chi connectivity index (χ1v) is 10.3. The summed E-state index contributed by atoms with van der Waals surface area (Å²) in [6.07, 6.45) is 6.66. The second-order valence-corrected chi connectivity index (χ2v) is 7.37. The maximum absolute atomic E-state index is 13.0. The van der Waals surface area contributed by atoms with Crippen LogP contribution in [0.15, 0.2) is 42.6 Å². The molecule has 28 heavy (non-hydrogen) atoms. The van der Waals surface area contributed by atoms with Gasteiger partial charge >= 0.3 is 0 Å². The van der Waals surface area contributed by atoms with Crippen molar-refractivity contribution in [2.24, 2.45) is 0 Å². The Morgan fingerprint density at radius 2 is 1.68 bits per heavy atom. The minimum atomic E-state index is -0.0980. The van der Waals surface area contributed by atoms with Gasteiger partial charge in [-0.1, -0.05) is 25.0 Å². The molecule has 6 nitrogen and oxygen atoms in total. The first kappa shape index (κ1) is 18.7. The number of carbonyl (C=O) groups excluding carboxylic acids is 1. The van der Waals surface area contributed by atoms with Gasteiger partial charge in [0.15, 0.2) is 0 Å². The van der Waals surface area contributed by atoms with Crippen LogP contribution in [0, 0.1) is 0 Å². The van der Waals surface area contributed by atoms with Crippen molar-refractivity contribution in [2.75, 3.05) is 54.5 Å². The van der Waals surface area contributed by atoms with E-state index in [1.165, 1.54) is 25.7 Å². The summed E-state index contributed by atoms with van der Waals surface area (Å²) in [6, 6.07) is 11.7. The Balaban J connectivity index is 1.50. The Labute approximate surface area is 166 Å². The van der Waals surface area contributed by atoms with Crippen LogP contribution in [0.5, 0.6) is 0 Å². The van der Waals surface area contributed by atoms with Crippen LogP contribution in [0.4, 0.5) is 17.2 Å². The van der Waals surface area contributed by atoms with Crippen LogP contribution in [0.3, 0.4) is 0 Å². The average Bonchev–Trinajstić information content (AvgIpc) is 3.04. The van der Waals surface area contributed by atoms with E-state index in [4.69, 9.17) is 4.74 Å². The lowest BCUT2D eigenvalue weighted by Gasteiger charge is -2.30. The van der Waals surface area contributed by atoms with Crippen LogP contribution in [0.1, 0.15) is 36.0 Å². The number of aromatic nitrogens is 1. The van der Waals surface area contributed by atoms with Gasteiger partial charge in [-0.25, -0.2) is 4.98 Å². The summed E-state index contributed by atoms with van der Waals surface area (Å²) < 4.78 is 5.45. The topological polar surface area (TPSA) is 57.7 Å². The molecule has 4 rings (SSSR count). The molecule has 148 valence electrons. The van der Waals surface area contributed by atoms with E-state index in [0.717, 1.165) is 43.4 Å². The van der Waals surface area contributed by atoms with Crippen molar-refractivity contribution in [1.29, 1.82) is 0 Å². The Kier molecular flexibility index (Phi) is 6.07. The Bertz CT molecular complexity index is 797. The van der Waals surface area contributed by atoms with Crippen molar-refractivity contribution >= 4 is 23.1 Å². The molecule has 1 aromatic heterocycles. The molecule has 6 heteroatoms. The highest BCUT2D eigenvalue weighted by molar-refractivity contribution is 6.06. The molecule has 0 atom stereocenters. The molecule has 1 amide bonds. The van der Waals surface area contributed by atoms with Crippen molar-refractivity contribution < 1.29 is 9.53 Å². The zero-order chi connectivity index (χ0) is 19.2. The molecule has 0 bridgehead atoms. The molecule has 2 aliphatic heterocycles. The molecule has 0 spiro atoms. The highest BCUT2D eigenvalue weighted by Gasteiger charge is 2.17. The third kappa shape index (κ3) is 4.44. The van der Waals surface area contributed by atoms with E-state index in [2.05, 4.69) is 26.2 Å². The van der Waals surface area contributed by atoms with Gasteiger partial charge in [-0.2, -0.15) is 0 Å². The molecule has 2 saturated heterocycles. The molecule has 2 fully saturated rings. The van der Waals surface area contributed by atoms with Gasteiger partial charge in [0.05, 0.1) is 24.6 Å². The van der Waals surface area contributed by atoms with Crippen LogP contribution in [-0.4, -0.2) is 50.3 Å². The molecule has 3 heterocycles. The first-order chi connectivity index (χ1) is 13.8. The number of anilines is 3. The number of hydrogen-bond donors (Lipinski definition) is 1. The predicted molar refractivity (Wildman–Crippen MR) is 112 cm³/mol. The van der Waals surface area contributed by atoms with Crippen LogP contribution in [-0.2, 0) is 4.74 Å². The smallest absolute Gasteiger partial charge is 0.255 e.